The van der Waals surface area contributed by atoms with Gasteiger partial charge < -0.3 is 30.9 Å². The Kier molecular flexibility index (Phi) is 7.18. The van der Waals surface area contributed by atoms with E-state index in [9.17, 15) is 9.90 Å². The third-order valence-corrected chi connectivity index (χ3v) is 3.28. The number of carbonyl (C=O) groups excluding carboxylic acids is 1. The number of hydrogen-bond donors (Lipinski definition) is 5. The molecule has 1 aromatic rings. The van der Waals surface area contributed by atoms with Gasteiger partial charge in [-0.15, -0.1) is 0 Å². The monoisotopic (exact) mass is 325 g/mol. The number of esters is 1. The molecule has 1 aliphatic rings. The average molecular weight is 325 g/mol. The third-order valence-electron chi connectivity index (χ3n) is 3.28. The van der Waals surface area contributed by atoms with Crippen molar-refractivity contribution in [1.29, 1.82) is 0 Å². The fourth-order valence-corrected chi connectivity index (χ4v) is 1.81. The Labute approximate surface area is 134 Å². The highest BCUT2D eigenvalue weighted by Crippen LogP contribution is 2.35. The molecule has 0 amide bonds. The van der Waals surface area contributed by atoms with Crippen LogP contribution in [-0.4, -0.2) is 51.8 Å². The summed E-state index contributed by atoms with van der Waals surface area (Å²) >= 11 is 0. The van der Waals surface area contributed by atoms with E-state index in [0.717, 1.165) is 6.42 Å². The molecule has 0 fully saturated rings. The van der Waals surface area contributed by atoms with Crippen LogP contribution in [0.3, 0.4) is 0 Å². The Hall–Kier alpha value is -1.93. The van der Waals surface area contributed by atoms with Crippen LogP contribution >= 0.6 is 0 Å². The second-order valence-electron chi connectivity index (χ2n) is 5.29. The second kappa shape index (κ2) is 8.64. The fraction of sp³-hybridized carbons (Fsp3) is 0.438. The lowest BCUT2D eigenvalue weighted by Gasteiger charge is -2.20. The normalized spacial score (nSPS) is 15.4. The molecule has 0 spiro atoms. The van der Waals surface area contributed by atoms with Gasteiger partial charge in [0, 0.05) is 12.0 Å². The van der Waals surface area contributed by atoms with Gasteiger partial charge in [-0.25, -0.2) is 4.79 Å². The first kappa shape index (κ1) is 19.1. The van der Waals surface area contributed by atoms with E-state index in [1.807, 2.05) is 13.0 Å². The van der Waals surface area contributed by atoms with E-state index >= 15 is 0 Å². The number of para-hydroxylation sites is 1. The molecule has 0 atom stereocenters. The molecule has 1 aromatic carbocycles. The lowest BCUT2D eigenvalue weighted by Crippen LogP contribution is -2.50. The lowest BCUT2D eigenvalue weighted by molar-refractivity contribution is -0.127. The van der Waals surface area contributed by atoms with E-state index in [1.54, 1.807) is 18.2 Å². The summed E-state index contributed by atoms with van der Waals surface area (Å²) < 4.78 is 5.03. The molecule has 0 saturated heterocycles. The van der Waals surface area contributed by atoms with Gasteiger partial charge in [-0.05, 0) is 12.5 Å². The molecule has 0 saturated carbocycles. The van der Waals surface area contributed by atoms with E-state index in [4.69, 9.17) is 25.8 Å². The molecule has 128 valence electrons. The van der Waals surface area contributed by atoms with Crippen LogP contribution in [0.5, 0.6) is 5.75 Å². The molecule has 0 bridgehead atoms. The maximum absolute atomic E-state index is 11.5. The summed E-state index contributed by atoms with van der Waals surface area (Å²) in [5.41, 5.74) is 4.94. The molecule has 23 heavy (non-hydrogen) atoms. The Morgan fingerprint density at radius 2 is 1.74 bits per heavy atom. The molecule has 2 rings (SSSR count). The van der Waals surface area contributed by atoms with E-state index < -0.39 is 31.3 Å². The van der Waals surface area contributed by atoms with E-state index in [0.29, 0.717) is 23.3 Å². The molecule has 1 aliphatic heterocycles. The van der Waals surface area contributed by atoms with Crippen LogP contribution in [0.15, 0.2) is 30.0 Å². The van der Waals surface area contributed by atoms with Crippen molar-refractivity contribution < 1.29 is 30.0 Å². The van der Waals surface area contributed by atoms with Gasteiger partial charge >= 0.3 is 5.97 Å². The second-order valence-corrected chi connectivity index (χ2v) is 5.29. The van der Waals surface area contributed by atoms with Gasteiger partial charge in [0.25, 0.3) is 0 Å². The van der Waals surface area contributed by atoms with Gasteiger partial charge in [-0.1, -0.05) is 25.1 Å². The van der Waals surface area contributed by atoms with Crippen LogP contribution in [0, 0.1) is 0 Å². The van der Waals surface area contributed by atoms with Crippen molar-refractivity contribution in [3.63, 3.8) is 0 Å². The van der Waals surface area contributed by atoms with Crippen LogP contribution in [0.1, 0.15) is 25.3 Å². The molecule has 0 radical (unpaired) electrons. The standard InChI is InChI=1S/C12H12O3.C4H11NO3/c1-2-5-9(13)11-8-6-3-4-7-10(8)15-12(11)14;5-4(1-6,2-7)3-8/h3-4,6-7,13H,2,5H2,1H3;6-8H,1-3,5H2/b11-9-;. The summed E-state index contributed by atoms with van der Waals surface area (Å²) in [6.07, 6.45) is 1.30. The molecular weight excluding hydrogens is 302 g/mol. The van der Waals surface area contributed by atoms with Gasteiger partial charge in [-0.3, -0.25) is 0 Å². The number of aliphatic hydroxyl groups is 4. The maximum atomic E-state index is 11.5. The molecule has 7 heteroatoms. The maximum Gasteiger partial charge on any atom is 0.347 e. The van der Waals surface area contributed by atoms with Crippen LogP contribution in [0.25, 0.3) is 5.57 Å². The summed E-state index contributed by atoms with van der Waals surface area (Å²) in [7, 11) is 0. The predicted octanol–water partition coefficient (Wildman–Crippen LogP) is 0.336. The molecule has 7 nitrogen and oxygen atoms in total. The SMILES string of the molecule is CCC/C(O)=C1/C(=O)Oc2ccccc21.NC(CO)(CO)CO. The number of benzene rings is 1. The van der Waals surface area contributed by atoms with Gasteiger partial charge in [-0.2, -0.15) is 0 Å². The molecule has 0 unspecified atom stereocenters. The number of allylic oxidation sites excluding steroid dienone is 1. The minimum absolute atomic E-state index is 0.118. The van der Waals surface area contributed by atoms with Crippen molar-refractivity contribution in [3.05, 3.63) is 35.6 Å². The highest BCUT2D eigenvalue weighted by Gasteiger charge is 2.29. The van der Waals surface area contributed by atoms with Gasteiger partial charge in [0.2, 0.25) is 0 Å². The van der Waals surface area contributed by atoms with Gasteiger partial charge in [0.15, 0.2) is 0 Å². The Morgan fingerprint density at radius 1 is 1.17 bits per heavy atom. The average Bonchev–Trinajstić information content (AvgIpc) is 2.90. The molecule has 0 aromatic heterocycles. The minimum atomic E-state index is -1.21. The summed E-state index contributed by atoms with van der Waals surface area (Å²) in [5.74, 6) is 0.190. The van der Waals surface area contributed by atoms with Gasteiger partial charge in [0.1, 0.15) is 17.1 Å². The summed E-state index contributed by atoms with van der Waals surface area (Å²) in [5, 5.41) is 34.8. The van der Waals surface area contributed by atoms with Crippen LogP contribution in [0.2, 0.25) is 0 Å². The minimum Gasteiger partial charge on any atom is -0.511 e. The van der Waals surface area contributed by atoms with Crippen molar-refractivity contribution in [2.24, 2.45) is 5.73 Å². The fourth-order valence-electron chi connectivity index (χ4n) is 1.81. The Morgan fingerprint density at radius 3 is 2.22 bits per heavy atom. The predicted molar refractivity (Wildman–Crippen MR) is 84.7 cm³/mol. The zero-order valence-corrected chi connectivity index (χ0v) is 13.0. The molecule has 1 heterocycles. The summed E-state index contributed by atoms with van der Waals surface area (Å²) in [4.78, 5) is 11.5. The van der Waals surface area contributed by atoms with Gasteiger partial charge in [0.05, 0.1) is 25.4 Å². The smallest absolute Gasteiger partial charge is 0.347 e. The molecule has 0 aliphatic carbocycles. The number of ether oxygens (including phenoxy) is 1. The van der Waals surface area contributed by atoms with Crippen molar-refractivity contribution in [3.8, 4) is 5.75 Å². The Balaban J connectivity index is 0.000000284. The highest BCUT2D eigenvalue weighted by molar-refractivity contribution is 6.22. The van der Waals surface area contributed by atoms with Crippen molar-refractivity contribution >= 4 is 11.5 Å². The number of hydrogen-bond acceptors (Lipinski definition) is 7. The number of carbonyl (C=O) groups is 1. The summed E-state index contributed by atoms with van der Waals surface area (Å²) in [6.45, 7) is 0.739. The van der Waals surface area contributed by atoms with Crippen molar-refractivity contribution in [2.75, 3.05) is 19.8 Å². The number of aliphatic hydroxyl groups excluding tert-OH is 4. The van der Waals surface area contributed by atoms with Crippen molar-refractivity contribution in [1.82, 2.24) is 0 Å². The number of nitrogens with two attached hydrogens (primary N) is 1. The Bertz CT molecular complexity index is 557. The first-order chi connectivity index (χ1) is 10.9. The van der Waals surface area contributed by atoms with E-state index in [2.05, 4.69) is 0 Å². The van der Waals surface area contributed by atoms with E-state index in [-0.39, 0.29) is 5.76 Å². The van der Waals surface area contributed by atoms with Crippen LogP contribution in [0.4, 0.5) is 0 Å². The molecule has 6 N–H and O–H groups in total. The topological polar surface area (TPSA) is 133 Å². The van der Waals surface area contributed by atoms with Crippen LogP contribution in [-0.2, 0) is 4.79 Å². The lowest BCUT2D eigenvalue weighted by atomic mass is 10.0. The largest absolute Gasteiger partial charge is 0.511 e. The zero-order valence-electron chi connectivity index (χ0n) is 13.0. The first-order valence-corrected chi connectivity index (χ1v) is 7.27. The van der Waals surface area contributed by atoms with Crippen LogP contribution < -0.4 is 10.5 Å². The quantitative estimate of drug-likeness (QED) is 0.228. The van der Waals surface area contributed by atoms with E-state index in [1.165, 1.54) is 0 Å². The first-order valence-electron chi connectivity index (χ1n) is 7.27. The number of rotatable bonds is 5. The third kappa shape index (κ3) is 4.77. The number of fused-ring (bicyclic) bond motifs is 1. The molecular formula is C16H23NO6. The zero-order chi connectivity index (χ0) is 17.5. The van der Waals surface area contributed by atoms with Crippen molar-refractivity contribution in [2.45, 2.75) is 25.3 Å². The summed E-state index contributed by atoms with van der Waals surface area (Å²) in [6, 6.07) is 7.12. The highest BCUT2D eigenvalue weighted by atomic mass is 16.5.